The van der Waals surface area contributed by atoms with Gasteiger partial charge in [-0.15, -0.1) is 0 Å². The van der Waals surface area contributed by atoms with Gasteiger partial charge in [-0.3, -0.25) is 0 Å². The Morgan fingerprint density at radius 1 is 1.00 bits per heavy atom. The van der Waals surface area contributed by atoms with Crippen molar-refractivity contribution in [3.05, 3.63) is 48.0 Å². The maximum Gasteiger partial charge on any atom is 0.154 e. The first-order chi connectivity index (χ1) is 9.11. The molecule has 2 aromatic rings. The van der Waals surface area contributed by atoms with E-state index in [1.807, 2.05) is 24.3 Å². The molecule has 3 heteroatoms. The summed E-state index contributed by atoms with van der Waals surface area (Å²) in [6, 6.07) is 13.4. The molecule has 2 rings (SSSR count). The molecule has 0 spiro atoms. The van der Waals surface area contributed by atoms with Crippen molar-refractivity contribution in [3.63, 3.8) is 0 Å². The van der Waals surface area contributed by atoms with Crippen LogP contribution < -0.4 is 15.2 Å². The maximum atomic E-state index is 5.94. The predicted octanol–water partition coefficient (Wildman–Crippen LogP) is 4.19. The number of nitrogens with two attached hydrogens (primary N) is 1. The maximum absolute atomic E-state index is 5.94. The van der Waals surface area contributed by atoms with Crippen LogP contribution in [0.4, 0.5) is 5.69 Å². The number of para-hydroxylation sites is 1. The van der Waals surface area contributed by atoms with Crippen LogP contribution in [0.2, 0.25) is 0 Å². The van der Waals surface area contributed by atoms with Crippen LogP contribution in [0.5, 0.6) is 17.2 Å². The molecule has 2 N–H and O–H groups in total. The van der Waals surface area contributed by atoms with Crippen molar-refractivity contribution >= 4 is 5.69 Å². The van der Waals surface area contributed by atoms with Crippen molar-refractivity contribution in [2.75, 3.05) is 12.8 Å². The third-order valence-corrected chi connectivity index (χ3v) is 2.98. The van der Waals surface area contributed by atoms with Crippen LogP contribution >= 0.6 is 0 Å². The minimum absolute atomic E-state index is 0.392. The third kappa shape index (κ3) is 2.99. The molecule has 0 atom stereocenters. The van der Waals surface area contributed by atoms with Gasteiger partial charge in [0.1, 0.15) is 11.5 Å². The Balaban J connectivity index is 2.36. The van der Waals surface area contributed by atoms with E-state index in [4.69, 9.17) is 15.2 Å². The highest BCUT2D eigenvalue weighted by molar-refractivity contribution is 5.57. The lowest BCUT2D eigenvalue weighted by molar-refractivity contribution is 0.409. The minimum Gasteiger partial charge on any atom is -0.497 e. The molecule has 0 fully saturated rings. The van der Waals surface area contributed by atoms with Gasteiger partial charge in [0.05, 0.1) is 12.8 Å². The number of ether oxygens (including phenoxy) is 2. The van der Waals surface area contributed by atoms with Gasteiger partial charge in [0, 0.05) is 6.07 Å². The summed E-state index contributed by atoms with van der Waals surface area (Å²) in [5.74, 6) is 2.57. The fraction of sp³-hybridized carbons (Fsp3) is 0.250. The van der Waals surface area contributed by atoms with Crippen molar-refractivity contribution < 1.29 is 9.47 Å². The lowest BCUT2D eigenvalue weighted by atomic mass is 10.0. The van der Waals surface area contributed by atoms with Crippen LogP contribution in [-0.2, 0) is 0 Å². The van der Waals surface area contributed by atoms with Crippen molar-refractivity contribution in [2.45, 2.75) is 19.8 Å². The first-order valence-electron chi connectivity index (χ1n) is 6.32. The molecule has 0 aromatic heterocycles. The molecular formula is C16H19NO2. The summed E-state index contributed by atoms with van der Waals surface area (Å²) in [5, 5.41) is 0. The first-order valence-corrected chi connectivity index (χ1v) is 6.32. The van der Waals surface area contributed by atoms with E-state index in [-0.39, 0.29) is 0 Å². The Bertz CT molecular complexity index is 564. The SMILES string of the molecule is COc1ccc(N)c(Oc2ccccc2C(C)C)c1. The first kappa shape index (κ1) is 13.3. The highest BCUT2D eigenvalue weighted by Gasteiger charge is 2.10. The van der Waals surface area contributed by atoms with E-state index >= 15 is 0 Å². The zero-order valence-corrected chi connectivity index (χ0v) is 11.5. The number of hydrogen-bond donors (Lipinski definition) is 1. The molecule has 0 aliphatic heterocycles. The molecule has 0 unspecified atom stereocenters. The normalized spacial score (nSPS) is 10.5. The number of hydrogen-bond acceptors (Lipinski definition) is 3. The van der Waals surface area contributed by atoms with Crippen LogP contribution in [0, 0.1) is 0 Å². The van der Waals surface area contributed by atoms with Gasteiger partial charge in [-0.05, 0) is 29.7 Å². The van der Waals surface area contributed by atoms with E-state index in [0.717, 1.165) is 17.1 Å². The summed E-state index contributed by atoms with van der Waals surface area (Å²) in [6.45, 7) is 4.27. The molecule has 0 heterocycles. The van der Waals surface area contributed by atoms with Crippen molar-refractivity contribution in [1.82, 2.24) is 0 Å². The summed E-state index contributed by atoms with van der Waals surface area (Å²) >= 11 is 0. The number of rotatable bonds is 4. The molecule has 0 amide bonds. The van der Waals surface area contributed by atoms with Crippen LogP contribution in [-0.4, -0.2) is 7.11 Å². The molecule has 19 heavy (non-hydrogen) atoms. The zero-order chi connectivity index (χ0) is 13.8. The second kappa shape index (κ2) is 5.65. The Labute approximate surface area is 114 Å². The van der Waals surface area contributed by atoms with Gasteiger partial charge >= 0.3 is 0 Å². The summed E-state index contributed by atoms with van der Waals surface area (Å²) < 4.78 is 11.1. The number of methoxy groups -OCH3 is 1. The zero-order valence-electron chi connectivity index (χ0n) is 11.5. The van der Waals surface area contributed by atoms with Gasteiger partial charge in [0.15, 0.2) is 5.75 Å². The Morgan fingerprint density at radius 2 is 1.74 bits per heavy atom. The molecule has 0 radical (unpaired) electrons. The molecular weight excluding hydrogens is 238 g/mol. The molecule has 0 saturated heterocycles. The van der Waals surface area contributed by atoms with Gasteiger partial charge in [-0.1, -0.05) is 32.0 Å². The topological polar surface area (TPSA) is 44.5 Å². The molecule has 0 bridgehead atoms. The fourth-order valence-electron chi connectivity index (χ4n) is 1.90. The van der Waals surface area contributed by atoms with Crippen LogP contribution in [0.15, 0.2) is 42.5 Å². The summed E-state index contributed by atoms with van der Waals surface area (Å²) in [5.41, 5.74) is 7.69. The highest BCUT2D eigenvalue weighted by Crippen LogP contribution is 2.34. The van der Waals surface area contributed by atoms with E-state index in [0.29, 0.717) is 17.4 Å². The van der Waals surface area contributed by atoms with Crippen molar-refractivity contribution in [2.24, 2.45) is 0 Å². The van der Waals surface area contributed by atoms with Gasteiger partial charge in [0.25, 0.3) is 0 Å². The summed E-state index contributed by atoms with van der Waals surface area (Å²) in [6.07, 6.45) is 0. The van der Waals surface area contributed by atoms with Crippen LogP contribution in [0.1, 0.15) is 25.3 Å². The van der Waals surface area contributed by atoms with E-state index in [2.05, 4.69) is 19.9 Å². The van der Waals surface area contributed by atoms with Crippen LogP contribution in [0.3, 0.4) is 0 Å². The average Bonchev–Trinajstić information content (AvgIpc) is 2.41. The van der Waals surface area contributed by atoms with Crippen molar-refractivity contribution in [1.29, 1.82) is 0 Å². The van der Waals surface area contributed by atoms with Gasteiger partial charge in [-0.25, -0.2) is 0 Å². The fourth-order valence-corrected chi connectivity index (χ4v) is 1.90. The summed E-state index contributed by atoms with van der Waals surface area (Å²) in [7, 11) is 1.62. The number of nitrogen functional groups attached to an aromatic ring is 1. The third-order valence-electron chi connectivity index (χ3n) is 2.98. The lowest BCUT2D eigenvalue weighted by Gasteiger charge is -2.15. The standard InChI is InChI=1S/C16H19NO2/c1-11(2)13-6-4-5-7-15(13)19-16-10-12(18-3)8-9-14(16)17/h4-11H,17H2,1-3H3. The largest absolute Gasteiger partial charge is 0.497 e. The van der Waals surface area contributed by atoms with Crippen LogP contribution in [0.25, 0.3) is 0 Å². The molecule has 0 saturated carbocycles. The minimum atomic E-state index is 0.392. The monoisotopic (exact) mass is 257 g/mol. The van der Waals surface area contributed by atoms with E-state index in [1.54, 1.807) is 19.2 Å². The van der Waals surface area contributed by atoms with Gasteiger partial charge in [0.2, 0.25) is 0 Å². The lowest BCUT2D eigenvalue weighted by Crippen LogP contribution is -1.97. The second-order valence-corrected chi connectivity index (χ2v) is 4.70. The molecule has 3 nitrogen and oxygen atoms in total. The van der Waals surface area contributed by atoms with Gasteiger partial charge in [-0.2, -0.15) is 0 Å². The quantitative estimate of drug-likeness (QED) is 0.835. The Hall–Kier alpha value is -2.16. The van der Waals surface area contributed by atoms with Gasteiger partial charge < -0.3 is 15.2 Å². The van der Waals surface area contributed by atoms with E-state index in [9.17, 15) is 0 Å². The van der Waals surface area contributed by atoms with E-state index < -0.39 is 0 Å². The Kier molecular flexibility index (Phi) is 3.95. The average molecular weight is 257 g/mol. The second-order valence-electron chi connectivity index (χ2n) is 4.70. The predicted molar refractivity (Wildman–Crippen MR) is 78.0 cm³/mol. The Morgan fingerprint density at radius 3 is 2.42 bits per heavy atom. The molecule has 100 valence electrons. The molecule has 2 aromatic carbocycles. The smallest absolute Gasteiger partial charge is 0.154 e. The molecule has 0 aliphatic carbocycles. The van der Waals surface area contributed by atoms with Crippen molar-refractivity contribution in [3.8, 4) is 17.2 Å². The summed E-state index contributed by atoms with van der Waals surface area (Å²) in [4.78, 5) is 0. The number of benzene rings is 2. The highest BCUT2D eigenvalue weighted by atomic mass is 16.5. The molecule has 0 aliphatic rings. The number of anilines is 1. The van der Waals surface area contributed by atoms with E-state index in [1.165, 1.54) is 0 Å².